The van der Waals surface area contributed by atoms with Gasteiger partial charge >= 0.3 is 10.1 Å². The highest BCUT2D eigenvalue weighted by Crippen LogP contribution is 2.45. The summed E-state index contributed by atoms with van der Waals surface area (Å²) in [6.45, 7) is 0. The largest absolute Gasteiger partial charge is 0.493 e. The molecule has 0 aromatic heterocycles. The number of hydrogen-bond donors (Lipinski definition) is 1. The average Bonchev–Trinajstić information content (AvgIpc) is 2.82. The maximum atomic E-state index is 13.5. The molecule has 174 valence electrons. The topological polar surface area (TPSA) is 121 Å². The number of rotatable bonds is 6. The molecule has 0 aliphatic carbocycles. The van der Waals surface area contributed by atoms with Crippen LogP contribution in [0.4, 0.5) is 4.39 Å². The van der Waals surface area contributed by atoms with Crippen LogP contribution in [0, 0.1) is 17.1 Å². The summed E-state index contributed by atoms with van der Waals surface area (Å²) in [5.41, 5.74) is 7.45. The number of nitrogens with two attached hydrogens (primary N) is 1. The summed E-state index contributed by atoms with van der Waals surface area (Å²) >= 11 is 0. The SMILES string of the molecule is COc1ccc(C2C(C#N)=C(N)Oc3cc(OS(=O)(=O)c4cccc(F)c4)ccc32)cc1OC. The second-order valence-corrected chi connectivity index (χ2v) is 8.78. The van der Waals surface area contributed by atoms with Gasteiger partial charge in [0.15, 0.2) is 11.5 Å². The van der Waals surface area contributed by atoms with E-state index in [0.717, 1.165) is 12.1 Å². The van der Waals surface area contributed by atoms with Crippen molar-refractivity contribution in [3.63, 3.8) is 0 Å². The van der Waals surface area contributed by atoms with Crippen LogP contribution in [0.2, 0.25) is 0 Å². The molecule has 2 N–H and O–H groups in total. The van der Waals surface area contributed by atoms with Gasteiger partial charge < -0.3 is 24.1 Å². The van der Waals surface area contributed by atoms with E-state index in [0.29, 0.717) is 22.6 Å². The van der Waals surface area contributed by atoms with E-state index in [9.17, 15) is 18.1 Å². The van der Waals surface area contributed by atoms with Crippen molar-refractivity contribution >= 4 is 10.1 Å². The molecule has 0 saturated carbocycles. The second-order valence-electron chi connectivity index (χ2n) is 7.23. The first kappa shape index (κ1) is 22.9. The summed E-state index contributed by atoms with van der Waals surface area (Å²) in [5, 5.41) is 9.74. The van der Waals surface area contributed by atoms with Gasteiger partial charge in [-0.15, -0.1) is 0 Å². The quantitative estimate of drug-likeness (QED) is 0.526. The second kappa shape index (κ2) is 8.96. The van der Waals surface area contributed by atoms with Crippen LogP contribution in [0.15, 0.2) is 77.0 Å². The highest BCUT2D eigenvalue weighted by Gasteiger charge is 2.32. The van der Waals surface area contributed by atoms with Crippen molar-refractivity contribution in [2.45, 2.75) is 10.8 Å². The first-order chi connectivity index (χ1) is 16.3. The molecule has 4 rings (SSSR count). The number of allylic oxidation sites excluding steroid dienone is 1. The molecule has 3 aromatic carbocycles. The predicted molar refractivity (Wildman–Crippen MR) is 119 cm³/mol. The van der Waals surface area contributed by atoms with Gasteiger partial charge in [-0.25, -0.2) is 4.39 Å². The third kappa shape index (κ3) is 4.21. The monoisotopic (exact) mass is 482 g/mol. The molecule has 8 nitrogen and oxygen atoms in total. The van der Waals surface area contributed by atoms with Gasteiger partial charge in [0.25, 0.3) is 0 Å². The van der Waals surface area contributed by atoms with E-state index < -0.39 is 21.9 Å². The van der Waals surface area contributed by atoms with E-state index >= 15 is 0 Å². The van der Waals surface area contributed by atoms with Crippen molar-refractivity contribution in [3.8, 4) is 29.1 Å². The minimum atomic E-state index is -4.30. The van der Waals surface area contributed by atoms with Crippen LogP contribution in [0.3, 0.4) is 0 Å². The van der Waals surface area contributed by atoms with Crippen LogP contribution < -0.4 is 24.1 Å². The Morgan fingerprint density at radius 1 is 1.03 bits per heavy atom. The summed E-state index contributed by atoms with van der Waals surface area (Å²) in [6, 6.07) is 16.1. The fourth-order valence-corrected chi connectivity index (χ4v) is 4.62. The zero-order chi connectivity index (χ0) is 24.5. The Labute approximate surface area is 195 Å². The van der Waals surface area contributed by atoms with Gasteiger partial charge in [0.1, 0.15) is 33.9 Å². The molecule has 0 radical (unpaired) electrons. The molecule has 34 heavy (non-hydrogen) atoms. The van der Waals surface area contributed by atoms with E-state index in [2.05, 4.69) is 6.07 Å². The molecule has 0 fully saturated rings. The zero-order valence-corrected chi connectivity index (χ0v) is 18.9. The van der Waals surface area contributed by atoms with Gasteiger partial charge in [-0.05, 0) is 42.0 Å². The molecule has 0 bridgehead atoms. The molecular weight excluding hydrogens is 463 g/mol. The maximum Gasteiger partial charge on any atom is 0.339 e. The Hall–Kier alpha value is -4.23. The van der Waals surface area contributed by atoms with Gasteiger partial charge in [-0.3, -0.25) is 0 Å². The van der Waals surface area contributed by atoms with Crippen molar-refractivity contribution in [2.24, 2.45) is 5.73 Å². The fourth-order valence-electron chi connectivity index (χ4n) is 3.66. The van der Waals surface area contributed by atoms with E-state index in [1.807, 2.05) is 0 Å². The van der Waals surface area contributed by atoms with Crippen molar-refractivity contribution in [3.05, 3.63) is 89.1 Å². The summed E-state index contributed by atoms with van der Waals surface area (Å²) in [7, 11) is -1.28. The molecule has 0 saturated heterocycles. The number of methoxy groups -OCH3 is 2. The maximum absolute atomic E-state index is 13.5. The molecular formula is C24H19FN2O6S. The van der Waals surface area contributed by atoms with Crippen LogP contribution in [0.5, 0.6) is 23.0 Å². The Morgan fingerprint density at radius 2 is 1.79 bits per heavy atom. The summed E-state index contributed by atoms with van der Waals surface area (Å²) in [4.78, 5) is -0.333. The van der Waals surface area contributed by atoms with Crippen molar-refractivity contribution in [1.29, 1.82) is 5.26 Å². The van der Waals surface area contributed by atoms with Gasteiger partial charge in [0.2, 0.25) is 5.88 Å². The highest BCUT2D eigenvalue weighted by molar-refractivity contribution is 7.87. The Balaban J connectivity index is 1.75. The van der Waals surface area contributed by atoms with Gasteiger partial charge in [-0.2, -0.15) is 13.7 Å². The molecule has 0 amide bonds. The molecule has 1 atom stereocenters. The average molecular weight is 482 g/mol. The summed E-state index contributed by atoms with van der Waals surface area (Å²) in [6.07, 6.45) is 0. The third-order valence-electron chi connectivity index (χ3n) is 5.22. The number of nitriles is 1. The number of benzene rings is 3. The van der Waals surface area contributed by atoms with Gasteiger partial charge in [0, 0.05) is 11.6 Å². The van der Waals surface area contributed by atoms with Gasteiger partial charge in [0.05, 0.1) is 20.1 Å². The van der Waals surface area contributed by atoms with Gasteiger partial charge in [-0.1, -0.05) is 18.2 Å². The number of nitrogens with zero attached hydrogens (tertiary/aromatic N) is 1. The van der Waals surface area contributed by atoms with E-state index in [4.69, 9.17) is 24.1 Å². The summed E-state index contributed by atoms with van der Waals surface area (Å²) in [5.74, 6) is -0.323. The number of ether oxygens (including phenoxy) is 3. The van der Waals surface area contributed by atoms with Crippen molar-refractivity contribution in [2.75, 3.05) is 14.2 Å². The van der Waals surface area contributed by atoms with Crippen LogP contribution in [-0.4, -0.2) is 22.6 Å². The molecule has 10 heteroatoms. The predicted octanol–water partition coefficient (Wildman–Crippen LogP) is 3.83. The van der Waals surface area contributed by atoms with E-state index in [1.165, 1.54) is 38.5 Å². The Kier molecular flexibility index (Phi) is 6.04. The lowest BCUT2D eigenvalue weighted by atomic mass is 9.83. The number of halogens is 1. The zero-order valence-electron chi connectivity index (χ0n) is 18.1. The van der Waals surface area contributed by atoms with E-state index in [1.54, 1.807) is 24.3 Å². The van der Waals surface area contributed by atoms with Crippen molar-refractivity contribution in [1.82, 2.24) is 0 Å². The Bertz CT molecular complexity index is 1450. The molecule has 1 heterocycles. The third-order valence-corrected chi connectivity index (χ3v) is 6.47. The highest BCUT2D eigenvalue weighted by atomic mass is 32.2. The van der Waals surface area contributed by atoms with Crippen molar-refractivity contribution < 1.29 is 31.2 Å². The van der Waals surface area contributed by atoms with Crippen LogP contribution in [-0.2, 0) is 10.1 Å². The molecule has 1 unspecified atom stereocenters. The van der Waals surface area contributed by atoms with Crippen LogP contribution >= 0.6 is 0 Å². The minimum absolute atomic E-state index is 0.0673. The van der Waals surface area contributed by atoms with E-state index in [-0.39, 0.29) is 27.9 Å². The van der Waals surface area contributed by atoms with Crippen LogP contribution in [0.25, 0.3) is 0 Å². The standard InChI is InChI=1S/C24H19FN2O6S/c1-30-20-9-6-14(10-22(20)31-2)23-18-8-7-16(12-21(18)32-24(27)19(23)13-26)33-34(28,29)17-5-3-4-15(25)11-17/h3-12,23H,27H2,1-2H3. The Morgan fingerprint density at radius 3 is 2.47 bits per heavy atom. The molecule has 1 aliphatic heterocycles. The minimum Gasteiger partial charge on any atom is -0.493 e. The lowest BCUT2D eigenvalue weighted by Gasteiger charge is -2.27. The first-order valence-corrected chi connectivity index (χ1v) is 11.3. The summed E-state index contributed by atoms with van der Waals surface area (Å²) < 4.78 is 60.1. The molecule has 0 spiro atoms. The lowest BCUT2D eigenvalue weighted by Crippen LogP contribution is -2.21. The molecule has 1 aliphatic rings. The molecule has 3 aromatic rings. The first-order valence-electron chi connectivity index (χ1n) is 9.91. The normalized spacial score (nSPS) is 15.1. The fraction of sp³-hybridized carbons (Fsp3) is 0.125. The van der Waals surface area contributed by atoms with Crippen LogP contribution in [0.1, 0.15) is 17.0 Å². The number of hydrogen-bond acceptors (Lipinski definition) is 8. The number of fused-ring (bicyclic) bond motifs is 1. The smallest absolute Gasteiger partial charge is 0.339 e. The lowest BCUT2D eigenvalue weighted by molar-refractivity contribution is 0.354.